The van der Waals surface area contributed by atoms with Crippen LogP contribution in [0.5, 0.6) is 0 Å². The highest BCUT2D eigenvalue weighted by Gasteiger charge is 2.46. The molecule has 0 amide bonds. The van der Waals surface area contributed by atoms with Gasteiger partial charge in [0.2, 0.25) is 0 Å². The van der Waals surface area contributed by atoms with Crippen LogP contribution in [-0.4, -0.2) is 41.5 Å². The Morgan fingerprint density at radius 3 is 2.61 bits per heavy atom. The molecule has 0 aromatic heterocycles. The summed E-state index contributed by atoms with van der Waals surface area (Å²) in [6.45, 7) is 7.61. The predicted octanol–water partition coefficient (Wildman–Crippen LogP) is 0.831. The van der Waals surface area contributed by atoms with Gasteiger partial charge in [0, 0.05) is 6.42 Å². The fourth-order valence-electron chi connectivity index (χ4n) is 2.17. The van der Waals surface area contributed by atoms with Crippen LogP contribution < -0.4 is 5.73 Å². The molecule has 1 fully saturated rings. The monoisotopic (exact) mass is 259 g/mol. The molecule has 0 radical (unpaired) electrons. The van der Waals surface area contributed by atoms with Gasteiger partial charge >= 0.3 is 5.97 Å². The third-order valence-electron chi connectivity index (χ3n) is 3.65. The Balaban J connectivity index is 2.58. The van der Waals surface area contributed by atoms with E-state index in [1.165, 1.54) is 0 Å². The molecule has 106 valence electrons. The fraction of sp³-hybridized carbons (Fsp3) is 0.923. The van der Waals surface area contributed by atoms with E-state index >= 15 is 0 Å². The molecule has 0 aromatic rings. The third-order valence-corrected chi connectivity index (χ3v) is 3.65. The maximum Gasteiger partial charge on any atom is 0.323 e. The van der Waals surface area contributed by atoms with Gasteiger partial charge in [0.25, 0.3) is 0 Å². The summed E-state index contributed by atoms with van der Waals surface area (Å²) in [4.78, 5) is 11.7. The Morgan fingerprint density at radius 1 is 1.61 bits per heavy atom. The fourth-order valence-corrected chi connectivity index (χ4v) is 2.17. The summed E-state index contributed by atoms with van der Waals surface area (Å²) in [5.41, 5.74) is 4.94. The average molecular weight is 259 g/mol. The van der Waals surface area contributed by atoms with E-state index in [0.717, 1.165) is 0 Å². The van der Waals surface area contributed by atoms with Crippen molar-refractivity contribution in [1.29, 1.82) is 0 Å². The second kappa shape index (κ2) is 5.99. The summed E-state index contributed by atoms with van der Waals surface area (Å²) in [6, 6.07) is -0.630. The van der Waals surface area contributed by atoms with Gasteiger partial charge in [-0.05, 0) is 19.3 Å². The first kappa shape index (κ1) is 15.4. The van der Waals surface area contributed by atoms with Crippen molar-refractivity contribution in [3.8, 4) is 0 Å². The van der Waals surface area contributed by atoms with Gasteiger partial charge in [-0.3, -0.25) is 4.79 Å². The number of ether oxygens (including phenoxy) is 2. The largest absolute Gasteiger partial charge is 0.461 e. The van der Waals surface area contributed by atoms with E-state index in [1.54, 1.807) is 0 Å². The molecule has 0 bridgehead atoms. The Labute approximate surface area is 109 Å². The molecule has 5 nitrogen and oxygen atoms in total. The zero-order valence-corrected chi connectivity index (χ0v) is 11.7. The van der Waals surface area contributed by atoms with Crippen molar-refractivity contribution in [1.82, 2.24) is 0 Å². The second-order valence-corrected chi connectivity index (χ2v) is 5.48. The van der Waals surface area contributed by atoms with Gasteiger partial charge in [-0.1, -0.05) is 20.8 Å². The molecule has 1 rings (SSSR count). The summed E-state index contributed by atoms with van der Waals surface area (Å²) in [5.74, 6) is -0.406. The van der Waals surface area contributed by atoms with E-state index < -0.39 is 23.7 Å². The van der Waals surface area contributed by atoms with E-state index in [4.69, 9.17) is 15.2 Å². The number of aliphatic hydroxyl groups excluding tert-OH is 1. The van der Waals surface area contributed by atoms with E-state index in [0.29, 0.717) is 12.8 Å². The molecule has 1 aliphatic rings. The Bertz CT molecular complexity index is 295. The molecular formula is C13H25NO4. The molecule has 0 aliphatic carbocycles. The summed E-state index contributed by atoms with van der Waals surface area (Å²) in [7, 11) is 0. The number of esters is 1. The molecular weight excluding hydrogens is 234 g/mol. The molecule has 0 spiro atoms. The molecule has 1 aliphatic heterocycles. The van der Waals surface area contributed by atoms with Crippen molar-refractivity contribution in [3.05, 3.63) is 0 Å². The van der Waals surface area contributed by atoms with Crippen molar-refractivity contribution < 1.29 is 19.4 Å². The van der Waals surface area contributed by atoms with E-state index in [1.807, 2.05) is 27.7 Å². The second-order valence-electron chi connectivity index (χ2n) is 5.48. The van der Waals surface area contributed by atoms with Crippen LogP contribution in [0.3, 0.4) is 0 Å². The van der Waals surface area contributed by atoms with Crippen molar-refractivity contribution in [2.75, 3.05) is 6.61 Å². The summed E-state index contributed by atoms with van der Waals surface area (Å²) < 4.78 is 10.9. The van der Waals surface area contributed by atoms with Gasteiger partial charge in [-0.2, -0.15) is 0 Å². The zero-order chi connectivity index (χ0) is 13.9. The summed E-state index contributed by atoms with van der Waals surface area (Å²) in [5, 5.41) is 10.0. The van der Waals surface area contributed by atoms with Crippen LogP contribution in [0.4, 0.5) is 0 Å². The SMILES string of the molecule is CC[C@]1(COC(=O)[C@@H](N)C(C)C)O[C@@H](C)C[C@@H]1O. The maximum atomic E-state index is 11.7. The minimum absolute atomic E-state index is 0.0163. The van der Waals surface area contributed by atoms with Crippen LogP contribution >= 0.6 is 0 Å². The van der Waals surface area contributed by atoms with Crippen molar-refractivity contribution in [2.24, 2.45) is 11.7 Å². The normalized spacial score (nSPS) is 33.7. The van der Waals surface area contributed by atoms with Crippen LogP contribution in [0.2, 0.25) is 0 Å². The average Bonchev–Trinajstić information content (AvgIpc) is 2.60. The first-order valence-corrected chi connectivity index (χ1v) is 6.60. The lowest BCUT2D eigenvalue weighted by Gasteiger charge is -2.31. The molecule has 1 heterocycles. The van der Waals surface area contributed by atoms with Crippen molar-refractivity contribution in [2.45, 2.75) is 64.4 Å². The van der Waals surface area contributed by atoms with Gasteiger partial charge in [-0.25, -0.2) is 0 Å². The molecule has 3 N–H and O–H groups in total. The van der Waals surface area contributed by atoms with Crippen LogP contribution in [-0.2, 0) is 14.3 Å². The van der Waals surface area contributed by atoms with Gasteiger partial charge in [0.05, 0.1) is 12.2 Å². The third kappa shape index (κ3) is 3.22. The lowest BCUT2D eigenvalue weighted by Crippen LogP contribution is -2.46. The quantitative estimate of drug-likeness (QED) is 0.715. The lowest BCUT2D eigenvalue weighted by atomic mass is 9.94. The highest BCUT2D eigenvalue weighted by atomic mass is 16.6. The number of carbonyl (C=O) groups excluding carboxylic acids is 1. The summed E-state index contributed by atoms with van der Waals surface area (Å²) in [6.07, 6.45) is 0.558. The number of nitrogens with two attached hydrogens (primary N) is 1. The van der Waals surface area contributed by atoms with Crippen molar-refractivity contribution in [3.63, 3.8) is 0 Å². The topological polar surface area (TPSA) is 81.8 Å². The van der Waals surface area contributed by atoms with E-state index in [9.17, 15) is 9.90 Å². The number of hydrogen-bond acceptors (Lipinski definition) is 5. The minimum Gasteiger partial charge on any atom is -0.461 e. The minimum atomic E-state index is -0.772. The van der Waals surface area contributed by atoms with E-state index in [-0.39, 0.29) is 18.6 Å². The molecule has 0 aromatic carbocycles. The molecule has 5 heteroatoms. The Kier molecular flexibility index (Phi) is 5.13. The highest BCUT2D eigenvalue weighted by molar-refractivity contribution is 5.75. The Morgan fingerprint density at radius 2 is 2.22 bits per heavy atom. The molecule has 0 saturated carbocycles. The smallest absolute Gasteiger partial charge is 0.323 e. The van der Waals surface area contributed by atoms with Crippen LogP contribution in [0.15, 0.2) is 0 Å². The van der Waals surface area contributed by atoms with Gasteiger partial charge in [0.1, 0.15) is 18.2 Å². The lowest BCUT2D eigenvalue weighted by molar-refractivity contribution is -0.164. The molecule has 4 atom stereocenters. The van der Waals surface area contributed by atoms with Gasteiger partial charge in [0.15, 0.2) is 0 Å². The molecule has 18 heavy (non-hydrogen) atoms. The van der Waals surface area contributed by atoms with Crippen LogP contribution in [0, 0.1) is 5.92 Å². The van der Waals surface area contributed by atoms with Crippen LogP contribution in [0.1, 0.15) is 40.5 Å². The number of hydrogen-bond donors (Lipinski definition) is 2. The number of aliphatic hydroxyl groups is 1. The zero-order valence-electron chi connectivity index (χ0n) is 11.7. The maximum absolute atomic E-state index is 11.7. The number of rotatable bonds is 5. The van der Waals surface area contributed by atoms with Gasteiger partial charge < -0.3 is 20.3 Å². The first-order valence-electron chi connectivity index (χ1n) is 6.60. The van der Waals surface area contributed by atoms with Crippen molar-refractivity contribution >= 4 is 5.97 Å². The van der Waals surface area contributed by atoms with E-state index in [2.05, 4.69) is 0 Å². The van der Waals surface area contributed by atoms with Gasteiger partial charge in [-0.15, -0.1) is 0 Å². The summed E-state index contributed by atoms with van der Waals surface area (Å²) >= 11 is 0. The molecule has 1 saturated heterocycles. The molecule has 0 unspecified atom stereocenters. The first-order chi connectivity index (χ1) is 8.32. The van der Waals surface area contributed by atoms with Crippen LogP contribution in [0.25, 0.3) is 0 Å². The Hall–Kier alpha value is -0.650. The number of carbonyl (C=O) groups is 1. The highest BCUT2D eigenvalue weighted by Crippen LogP contribution is 2.33. The standard InChI is InChI=1S/C13H25NO4/c1-5-13(10(15)6-9(4)18-13)7-17-12(16)11(14)8(2)3/h8-11,15H,5-7,14H2,1-4H3/t9-,10-,11-,13+/m0/s1. The predicted molar refractivity (Wildman–Crippen MR) is 68.0 cm³/mol.